The quantitative estimate of drug-likeness (QED) is 0.155. The Kier molecular flexibility index (Phi) is 11.7. The van der Waals surface area contributed by atoms with E-state index >= 15 is 8.78 Å². The van der Waals surface area contributed by atoms with Crippen molar-refractivity contribution in [1.82, 2.24) is 29.1 Å². The molecule has 4 N–H and O–H groups in total. The van der Waals surface area contributed by atoms with Gasteiger partial charge < -0.3 is 39.7 Å². The van der Waals surface area contributed by atoms with E-state index in [-0.39, 0.29) is 51.1 Å². The molecule has 0 aliphatic carbocycles. The standard InChI is InChI=1S/C38H46ClF2N9O5/c1-22-32(23(2)49(45-22)15-17-55-16-10-42)28-9-8-27(33(40)34(28)41)30-20-43-35(46(30)3)36(52)44-24-6-7-26(29(39)18-24)37(53)47-11-13-48(14-12-47)38(54)31-19-25(51)21-50(31,4)5/h6-9,18,20,25,31,51H,10-17,19,21,42H2,1-5H3/p+1/t25-,31+/m1/s1. The summed E-state index contributed by atoms with van der Waals surface area (Å²) in [6.45, 7) is 7.03. The lowest BCUT2D eigenvalue weighted by atomic mass is 10.00. The average molecular weight is 783 g/mol. The highest BCUT2D eigenvalue weighted by Gasteiger charge is 2.46. The fourth-order valence-corrected chi connectivity index (χ4v) is 7.87. The Labute approximate surface area is 323 Å². The van der Waals surface area contributed by atoms with E-state index < -0.39 is 23.6 Å². The molecule has 55 heavy (non-hydrogen) atoms. The summed E-state index contributed by atoms with van der Waals surface area (Å²) in [5.41, 5.74) is 7.85. The third-order valence-corrected chi connectivity index (χ3v) is 10.9. The number of likely N-dealkylation sites (tertiary alicyclic amines) is 1. The second-order valence-corrected chi connectivity index (χ2v) is 15.0. The number of amides is 3. The lowest BCUT2D eigenvalue weighted by Crippen LogP contribution is -2.58. The van der Waals surface area contributed by atoms with Crippen LogP contribution in [0.25, 0.3) is 22.4 Å². The van der Waals surface area contributed by atoms with Gasteiger partial charge >= 0.3 is 0 Å². The predicted octanol–water partition coefficient (Wildman–Crippen LogP) is 3.22. The SMILES string of the molecule is Cc1nn(CCOCCN)c(C)c1-c1ccc(-c2cnc(C(=O)Nc3ccc(C(=O)N4CCN(C(=O)[C@@H]5C[C@@H](O)C[N+]5(C)C)CC4)c(Cl)c3)n2C)c(F)c1F. The molecule has 2 aromatic carbocycles. The molecule has 0 bridgehead atoms. The van der Waals surface area contributed by atoms with Crippen molar-refractivity contribution in [3.8, 4) is 22.4 Å². The third-order valence-electron chi connectivity index (χ3n) is 10.6. The van der Waals surface area contributed by atoms with E-state index in [9.17, 15) is 19.5 Å². The maximum atomic E-state index is 15.7. The molecule has 14 nitrogen and oxygen atoms in total. The maximum Gasteiger partial charge on any atom is 0.291 e. The van der Waals surface area contributed by atoms with Gasteiger partial charge in [0.05, 0.1) is 62.0 Å². The van der Waals surface area contributed by atoms with Crippen LogP contribution in [0.2, 0.25) is 5.02 Å². The minimum Gasteiger partial charge on any atom is -0.387 e. The number of nitrogens with one attached hydrogen (secondary N) is 1. The van der Waals surface area contributed by atoms with E-state index in [1.165, 1.54) is 42.1 Å². The number of aliphatic hydroxyl groups is 1. The number of hydrogen-bond acceptors (Lipinski definition) is 8. The van der Waals surface area contributed by atoms with Crippen LogP contribution in [0.1, 0.15) is 38.8 Å². The van der Waals surface area contributed by atoms with Gasteiger partial charge in [0.1, 0.15) is 12.6 Å². The van der Waals surface area contributed by atoms with Gasteiger partial charge in [0, 0.05) is 74.3 Å². The largest absolute Gasteiger partial charge is 0.387 e. The number of anilines is 1. The summed E-state index contributed by atoms with van der Waals surface area (Å²) < 4.78 is 40.3. The zero-order valence-electron chi connectivity index (χ0n) is 31.6. The fourth-order valence-electron chi connectivity index (χ4n) is 7.60. The summed E-state index contributed by atoms with van der Waals surface area (Å²) in [6, 6.07) is 7.12. The lowest BCUT2D eigenvalue weighted by Gasteiger charge is -2.38. The van der Waals surface area contributed by atoms with Crippen molar-refractivity contribution in [3.63, 3.8) is 0 Å². The van der Waals surface area contributed by atoms with Crippen molar-refractivity contribution in [2.75, 3.05) is 71.9 Å². The molecule has 0 unspecified atom stereocenters. The number of carbonyl (C=O) groups excluding carboxylic acids is 3. The first-order valence-electron chi connectivity index (χ1n) is 18.1. The number of likely N-dealkylation sites (N-methyl/N-ethyl adjacent to an activating group) is 1. The van der Waals surface area contributed by atoms with E-state index in [0.29, 0.717) is 92.6 Å². The normalized spacial score (nSPS) is 18.2. The van der Waals surface area contributed by atoms with E-state index in [2.05, 4.69) is 15.4 Å². The summed E-state index contributed by atoms with van der Waals surface area (Å²) >= 11 is 6.54. The van der Waals surface area contributed by atoms with Crippen molar-refractivity contribution in [2.24, 2.45) is 12.8 Å². The molecule has 6 rings (SSSR count). The zero-order valence-corrected chi connectivity index (χ0v) is 32.4. The number of nitrogens with two attached hydrogens (primary N) is 1. The van der Waals surface area contributed by atoms with Crippen LogP contribution in [0.3, 0.4) is 0 Å². The average Bonchev–Trinajstić information content (AvgIpc) is 3.76. The van der Waals surface area contributed by atoms with Gasteiger partial charge in [-0.3, -0.25) is 19.1 Å². The van der Waals surface area contributed by atoms with Crippen LogP contribution in [0, 0.1) is 25.5 Å². The van der Waals surface area contributed by atoms with E-state index in [4.69, 9.17) is 22.1 Å². The van der Waals surface area contributed by atoms with Crippen molar-refractivity contribution >= 4 is 35.0 Å². The molecule has 2 aromatic heterocycles. The molecular weight excluding hydrogens is 736 g/mol. The Bertz CT molecular complexity index is 2110. The summed E-state index contributed by atoms with van der Waals surface area (Å²) in [6.07, 6.45) is 1.19. The van der Waals surface area contributed by atoms with Gasteiger partial charge in [0.15, 0.2) is 23.5 Å². The topological polar surface area (TPSA) is 161 Å². The van der Waals surface area contributed by atoms with Crippen LogP contribution in [-0.2, 0) is 23.1 Å². The van der Waals surface area contributed by atoms with Gasteiger partial charge in [0.25, 0.3) is 17.7 Å². The Morgan fingerprint density at radius 2 is 1.71 bits per heavy atom. The maximum absolute atomic E-state index is 15.7. The van der Waals surface area contributed by atoms with Crippen molar-refractivity contribution in [2.45, 2.75) is 39.0 Å². The van der Waals surface area contributed by atoms with Crippen LogP contribution < -0.4 is 11.1 Å². The second-order valence-electron chi connectivity index (χ2n) is 14.6. The smallest absolute Gasteiger partial charge is 0.291 e. The summed E-state index contributed by atoms with van der Waals surface area (Å²) in [5, 5.41) is 17.4. The van der Waals surface area contributed by atoms with Crippen LogP contribution in [0.15, 0.2) is 36.5 Å². The fraction of sp³-hybridized carbons (Fsp3) is 0.447. The molecular formula is C38H47ClF2N9O5+. The number of nitrogens with zero attached hydrogens (tertiary/aromatic N) is 7. The third kappa shape index (κ3) is 8.00. The highest BCUT2D eigenvalue weighted by atomic mass is 35.5. The number of aromatic nitrogens is 4. The van der Waals surface area contributed by atoms with Crippen LogP contribution in [0.4, 0.5) is 14.5 Å². The molecule has 0 spiro atoms. The summed E-state index contributed by atoms with van der Waals surface area (Å²) in [4.78, 5) is 47.5. The molecule has 3 amide bonds. The van der Waals surface area contributed by atoms with Gasteiger partial charge in [-0.05, 0) is 38.1 Å². The highest BCUT2D eigenvalue weighted by Crippen LogP contribution is 2.35. The Hall–Kier alpha value is -4.74. The first-order valence-corrected chi connectivity index (χ1v) is 18.5. The highest BCUT2D eigenvalue weighted by molar-refractivity contribution is 6.34. The lowest BCUT2D eigenvalue weighted by molar-refractivity contribution is -0.894. The first kappa shape index (κ1) is 39.9. The Morgan fingerprint density at radius 3 is 2.36 bits per heavy atom. The van der Waals surface area contributed by atoms with Gasteiger partial charge in [-0.2, -0.15) is 5.10 Å². The predicted molar refractivity (Wildman–Crippen MR) is 202 cm³/mol. The van der Waals surface area contributed by atoms with Crippen LogP contribution >= 0.6 is 11.6 Å². The summed E-state index contributed by atoms with van der Waals surface area (Å²) in [7, 11) is 5.40. The Balaban J connectivity index is 1.10. The number of piperazine rings is 1. The number of hydrogen-bond donors (Lipinski definition) is 3. The van der Waals surface area contributed by atoms with Crippen molar-refractivity contribution in [3.05, 3.63) is 76.0 Å². The van der Waals surface area contributed by atoms with E-state index in [1.54, 1.807) is 34.4 Å². The van der Waals surface area contributed by atoms with Crippen molar-refractivity contribution in [1.29, 1.82) is 0 Å². The molecule has 17 heteroatoms. The monoisotopic (exact) mass is 782 g/mol. The molecule has 2 fully saturated rings. The molecule has 2 saturated heterocycles. The minimum atomic E-state index is -1.10. The first-order chi connectivity index (χ1) is 26.1. The molecule has 2 aliphatic rings. The number of imidazole rings is 1. The minimum absolute atomic E-state index is 0.0201. The number of aryl methyl sites for hydroxylation is 1. The number of rotatable bonds is 11. The molecule has 294 valence electrons. The number of aliphatic hydroxyl groups excluding tert-OH is 1. The van der Waals surface area contributed by atoms with Gasteiger partial charge in [-0.15, -0.1) is 0 Å². The molecule has 0 saturated carbocycles. The number of ether oxygens (including phenoxy) is 1. The number of quaternary nitrogens is 1. The number of halogens is 3. The number of carbonyl (C=O) groups is 3. The second kappa shape index (κ2) is 16.2. The molecule has 0 radical (unpaired) electrons. The zero-order chi connectivity index (χ0) is 39.8. The van der Waals surface area contributed by atoms with Crippen LogP contribution in [0.5, 0.6) is 0 Å². The van der Waals surface area contributed by atoms with Gasteiger partial charge in [0.2, 0.25) is 0 Å². The Morgan fingerprint density at radius 1 is 1.04 bits per heavy atom. The van der Waals surface area contributed by atoms with Crippen molar-refractivity contribution < 1.29 is 37.5 Å². The number of benzene rings is 2. The van der Waals surface area contributed by atoms with E-state index in [0.717, 1.165) is 0 Å². The van der Waals surface area contributed by atoms with Gasteiger partial charge in [-0.1, -0.05) is 17.7 Å². The summed E-state index contributed by atoms with van der Waals surface area (Å²) in [5.74, 6) is -3.17. The molecule has 4 heterocycles. The van der Waals surface area contributed by atoms with Crippen LogP contribution in [-0.4, -0.2) is 135 Å². The van der Waals surface area contributed by atoms with Gasteiger partial charge in [-0.25, -0.2) is 13.8 Å². The molecule has 4 aromatic rings. The van der Waals surface area contributed by atoms with E-state index in [1.807, 2.05) is 14.1 Å². The molecule has 2 aliphatic heterocycles. The molecule has 2 atom stereocenters.